The largest absolute Gasteiger partial charge is 0.497 e. The lowest BCUT2D eigenvalue weighted by Gasteiger charge is -2.14. The van der Waals surface area contributed by atoms with Crippen LogP contribution in [0.2, 0.25) is 0 Å². The molecule has 3 heteroatoms. The van der Waals surface area contributed by atoms with E-state index in [1.807, 2.05) is 18.2 Å². The third-order valence-electron chi connectivity index (χ3n) is 2.60. The fraction of sp³-hybridized carbons (Fsp3) is 0.250. The Morgan fingerprint density at radius 3 is 3.00 bits per heavy atom. The van der Waals surface area contributed by atoms with Gasteiger partial charge in [-0.3, -0.25) is 0 Å². The third-order valence-corrected chi connectivity index (χ3v) is 2.60. The van der Waals surface area contributed by atoms with Crippen molar-refractivity contribution in [3.8, 4) is 5.75 Å². The predicted octanol–water partition coefficient (Wildman–Crippen LogP) is 2.48. The van der Waals surface area contributed by atoms with Gasteiger partial charge in [-0.15, -0.1) is 0 Å². The van der Waals surface area contributed by atoms with E-state index in [4.69, 9.17) is 9.94 Å². The smallest absolute Gasteiger partial charge is 0.119 e. The minimum atomic E-state index is 0.890. The molecule has 0 unspecified atom stereocenters. The molecule has 0 atom stereocenters. The van der Waals surface area contributed by atoms with Crippen LogP contribution in [0.25, 0.3) is 6.08 Å². The van der Waals surface area contributed by atoms with E-state index in [2.05, 4.69) is 11.2 Å². The summed E-state index contributed by atoms with van der Waals surface area (Å²) in [6.07, 6.45) is 5.40. The van der Waals surface area contributed by atoms with Crippen LogP contribution < -0.4 is 4.74 Å². The molecule has 0 spiro atoms. The van der Waals surface area contributed by atoms with Crippen molar-refractivity contribution >= 4 is 12.3 Å². The maximum atomic E-state index is 8.46. The van der Waals surface area contributed by atoms with Crippen LogP contribution in [0.5, 0.6) is 5.75 Å². The van der Waals surface area contributed by atoms with Gasteiger partial charge in [0, 0.05) is 0 Å². The molecule has 1 aliphatic rings. The first kappa shape index (κ1) is 9.77. The molecule has 0 saturated carbocycles. The zero-order chi connectivity index (χ0) is 10.7. The minimum absolute atomic E-state index is 0.890. The molecular weight excluding hydrogens is 190 g/mol. The van der Waals surface area contributed by atoms with Crippen LogP contribution >= 0.6 is 0 Å². The monoisotopic (exact) mass is 203 g/mol. The van der Waals surface area contributed by atoms with E-state index in [1.54, 1.807) is 7.11 Å². The lowest BCUT2D eigenvalue weighted by molar-refractivity contribution is 0.321. The summed E-state index contributed by atoms with van der Waals surface area (Å²) < 4.78 is 5.17. The maximum Gasteiger partial charge on any atom is 0.119 e. The molecule has 2 rings (SSSR count). The SMILES string of the molecule is COc1ccc2c(c1)CCC(C=NO)=C2. The average Bonchev–Trinajstić information content (AvgIpc) is 2.29. The van der Waals surface area contributed by atoms with Gasteiger partial charge in [0.15, 0.2) is 0 Å². The van der Waals surface area contributed by atoms with Crippen molar-refractivity contribution in [1.29, 1.82) is 0 Å². The van der Waals surface area contributed by atoms with Crippen molar-refractivity contribution in [2.75, 3.05) is 7.11 Å². The van der Waals surface area contributed by atoms with Gasteiger partial charge in [0.25, 0.3) is 0 Å². The molecule has 15 heavy (non-hydrogen) atoms. The highest BCUT2D eigenvalue weighted by atomic mass is 16.5. The van der Waals surface area contributed by atoms with Crippen LogP contribution in [-0.4, -0.2) is 18.5 Å². The molecular formula is C12H13NO2. The fourth-order valence-corrected chi connectivity index (χ4v) is 1.79. The number of aryl methyl sites for hydroxylation is 1. The Morgan fingerprint density at radius 1 is 1.40 bits per heavy atom. The molecule has 0 aromatic heterocycles. The first-order valence-corrected chi connectivity index (χ1v) is 4.88. The molecule has 0 radical (unpaired) electrons. The van der Waals surface area contributed by atoms with E-state index in [1.165, 1.54) is 17.3 Å². The molecule has 0 saturated heterocycles. The Balaban J connectivity index is 2.35. The first-order chi connectivity index (χ1) is 7.33. The fourth-order valence-electron chi connectivity index (χ4n) is 1.79. The Kier molecular flexibility index (Phi) is 2.72. The highest BCUT2D eigenvalue weighted by Crippen LogP contribution is 2.26. The van der Waals surface area contributed by atoms with Gasteiger partial charge in [-0.1, -0.05) is 11.2 Å². The van der Waals surface area contributed by atoms with Crippen LogP contribution in [0.1, 0.15) is 17.5 Å². The van der Waals surface area contributed by atoms with Gasteiger partial charge in [-0.2, -0.15) is 0 Å². The Bertz CT molecular complexity index is 422. The summed E-state index contributed by atoms with van der Waals surface area (Å²) in [7, 11) is 1.67. The second-order valence-corrected chi connectivity index (χ2v) is 3.53. The number of nitrogens with zero attached hydrogens (tertiary/aromatic N) is 1. The molecule has 1 aromatic rings. The zero-order valence-corrected chi connectivity index (χ0v) is 8.60. The molecule has 0 fully saturated rings. The van der Waals surface area contributed by atoms with E-state index in [-0.39, 0.29) is 0 Å². The lowest BCUT2D eigenvalue weighted by atomic mass is 9.92. The minimum Gasteiger partial charge on any atom is -0.497 e. The van der Waals surface area contributed by atoms with Crippen LogP contribution in [-0.2, 0) is 6.42 Å². The number of hydrogen-bond donors (Lipinski definition) is 1. The molecule has 0 heterocycles. The van der Waals surface area contributed by atoms with Crippen LogP contribution in [0.15, 0.2) is 28.9 Å². The topological polar surface area (TPSA) is 41.8 Å². The van der Waals surface area contributed by atoms with E-state index in [0.29, 0.717) is 0 Å². The summed E-state index contributed by atoms with van der Waals surface area (Å²) in [5.41, 5.74) is 3.51. The van der Waals surface area contributed by atoms with Gasteiger partial charge in [0.2, 0.25) is 0 Å². The van der Waals surface area contributed by atoms with Crippen LogP contribution in [0.4, 0.5) is 0 Å². The quantitative estimate of drug-likeness (QED) is 0.456. The van der Waals surface area contributed by atoms with Crippen LogP contribution in [0.3, 0.4) is 0 Å². The second-order valence-electron chi connectivity index (χ2n) is 3.53. The van der Waals surface area contributed by atoms with Crippen molar-refractivity contribution in [1.82, 2.24) is 0 Å². The normalized spacial score (nSPS) is 14.9. The van der Waals surface area contributed by atoms with Crippen molar-refractivity contribution in [2.45, 2.75) is 12.8 Å². The van der Waals surface area contributed by atoms with Crippen molar-refractivity contribution in [3.63, 3.8) is 0 Å². The second kappa shape index (κ2) is 4.17. The van der Waals surface area contributed by atoms with Gasteiger partial charge in [-0.05, 0) is 47.8 Å². The van der Waals surface area contributed by atoms with Crippen LogP contribution in [0, 0.1) is 0 Å². The zero-order valence-electron chi connectivity index (χ0n) is 8.60. The van der Waals surface area contributed by atoms with E-state index >= 15 is 0 Å². The first-order valence-electron chi connectivity index (χ1n) is 4.88. The molecule has 1 aliphatic carbocycles. The van der Waals surface area contributed by atoms with Gasteiger partial charge in [-0.25, -0.2) is 0 Å². The Labute approximate surface area is 88.7 Å². The molecule has 0 aliphatic heterocycles. The van der Waals surface area contributed by atoms with E-state index in [0.717, 1.165) is 24.2 Å². The predicted molar refractivity (Wildman–Crippen MR) is 59.6 cm³/mol. The summed E-state index contributed by atoms with van der Waals surface area (Å²) >= 11 is 0. The Hall–Kier alpha value is -1.77. The lowest BCUT2D eigenvalue weighted by Crippen LogP contribution is -2.00. The maximum absolute atomic E-state index is 8.46. The summed E-state index contributed by atoms with van der Waals surface area (Å²) in [5, 5.41) is 11.5. The summed E-state index contributed by atoms with van der Waals surface area (Å²) in [5.74, 6) is 0.890. The molecule has 3 nitrogen and oxygen atoms in total. The van der Waals surface area contributed by atoms with Gasteiger partial charge in [0.1, 0.15) is 5.75 Å². The van der Waals surface area contributed by atoms with Crippen molar-refractivity contribution in [3.05, 3.63) is 34.9 Å². The molecule has 0 amide bonds. The number of oxime groups is 1. The number of hydrogen-bond acceptors (Lipinski definition) is 3. The summed E-state index contributed by atoms with van der Waals surface area (Å²) in [4.78, 5) is 0. The van der Waals surface area contributed by atoms with Gasteiger partial charge in [0.05, 0.1) is 13.3 Å². The van der Waals surface area contributed by atoms with Crippen molar-refractivity contribution in [2.24, 2.45) is 5.16 Å². The van der Waals surface area contributed by atoms with E-state index < -0.39 is 0 Å². The number of fused-ring (bicyclic) bond motifs is 1. The number of methoxy groups -OCH3 is 1. The highest BCUT2D eigenvalue weighted by Gasteiger charge is 2.09. The third kappa shape index (κ3) is 2.01. The molecule has 1 aromatic carbocycles. The highest BCUT2D eigenvalue weighted by molar-refractivity contribution is 5.86. The summed E-state index contributed by atoms with van der Waals surface area (Å²) in [6.45, 7) is 0. The average molecular weight is 203 g/mol. The van der Waals surface area contributed by atoms with Crippen molar-refractivity contribution < 1.29 is 9.94 Å². The molecule has 0 bridgehead atoms. The summed E-state index contributed by atoms with van der Waals surface area (Å²) in [6, 6.07) is 6.02. The van der Waals surface area contributed by atoms with Gasteiger partial charge < -0.3 is 9.94 Å². The Morgan fingerprint density at radius 2 is 2.27 bits per heavy atom. The standard InChI is InChI=1S/C12H13NO2/c1-15-12-5-4-10-6-9(8-13-14)2-3-11(10)7-12/h4-8,14H,2-3H2,1H3. The number of allylic oxidation sites excluding steroid dienone is 1. The van der Waals surface area contributed by atoms with Gasteiger partial charge >= 0.3 is 0 Å². The number of benzene rings is 1. The van der Waals surface area contributed by atoms with E-state index in [9.17, 15) is 0 Å². The molecule has 1 N–H and O–H groups in total. The number of ether oxygens (including phenoxy) is 1. The number of rotatable bonds is 2. The molecule has 78 valence electrons.